The molecule has 0 radical (unpaired) electrons. The topological polar surface area (TPSA) is 98.0 Å². The third kappa shape index (κ3) is 5.53. The molecule has 126 valence electrons. The number of phenolic OH excluding ortho intramolecular Hbond substituents is 2. The van der Waals surface area contributed by atoms with Crippen molar-refractivity contribution >= 4 is 11.9 Å². The maximum Gasteiger partial charge on any atom is 0.138 e. The number of aliphatic hydroxyl groups is 2. The first-order valence-electron chi connectivity index (χ1n) is 7.58. The standard InChI is InChI=1S/C19H20O5/c20-15-6-1-13(2-7-15)3-8-17(22)11-18(23)12-19(24)14-4-9-16(21)10-5-14/h1-10,17,19-22,24H,11-12H2/b8-3+. The summed E-state index contributed by atoms with van der Waals surface area (Å²) in [6, 6.07) is 12.4. The van der Waals surface area contributed by atoms with Crippen LogP contribution in [0.15, 0.2) is 54.6 Å². The van der Waals surface area contributed by atoms with Crippen LogP contribution in [0, 0.1) is 0 Å². The number of phenols is 2. The summed E-state index contributed by atoms with van der Waals surface area (Å²) in [4.78, 5) is 11.9. The average molecular weight is 328 g/mol. The van der Waals surface area contributed by atoms with Crippen LogP contribution in [0.4, 0.5) is 0 Å². The lowest BCUT2D eigenvalue weighted by Crippen LogP contribution is -2.13. The smallest absolute Gasteiger partial charge is 0.138 e. The minimum absolute atomic E-state index is 0.0899. The molecule has 2 rings (SSSR count). The van der Waals surface area contributed by atoms with Gasteiger partial charge in [0, 0.05) is 12.8 Å². The molecule has 0 heterocycles. The van der Waals surface area contributed by atoms with E-state index in [0.29, 0.717) is 5.56 Å². The highest BCUT2D eigenvalue weighted by Crippen LogP contribution is 2.20. The van der Waals surface area contributed by atoms with Crippen molar-refractivity contribution in [1.82, 2.24) is 0 Å². The van der Waals surface area contributed by atoms with Crippen LogP contribution in [-0.2, 0) is 4.79 Å². The minimum Gasteiger partial charge on any atom is -0.508 e. The van der Waals surface area contributed by atoms with Gasteiger partial charge in [0.15, 0.2) is 0 Å². The van der Waals surface area contributed by atoms with Gasteiger partial charge in [-0.1, -0.05) is 36.4 Å². The third-order valence-electron chi connectivity index (χ3n) is 3.54. The Labute approximate surface area is 140 Å². The average Bonchev–Trinajstić information content (AvgIpc) is 2.54. The van der Waals surface area contributed by atoms with Gasteiger partial charge in [0.25, 0.3) is 0 Å². The maximum atomic E-state index is 11.9. The van der Waals surface area contributed by atoms with Crippen molar-refractivity contribution < 1.29 is 25.2 Å². The molecule has 0 saturated carbocycles. The first-order chi connectivity index (χ1) is 11.4. The number of hydrogen-bond acceptors (Lipinski definition) is 5. The Balaban J connectivity index is 1.84. The number of benzene rings is 2. The summed E-state index contributed by atoms with van der Waals surface area (Å²) in [6.07, 6.45) is 1.05. The van der Waals surface area contributed by atoms with E-state index in [4.69, 9.17) is 0 Å². The fourth-order valence-electron chi connectivity index (χ4n) is 2.22. The fraction of sp³-hybridized carbons (Fsp3) is 0.211. The number of rotatable bonds is 7. The third-order valence-corrected chi connectivity index (χ3v) is 3.54. The predicted octanol–water partition coefficient (Wildman–Crippen LogP) is 2.55. The van der Waals surface area contributed by atoms with Crippen LogP contribution >= 0.6 is 0 Å². The number of aliphatic hydroxyl groups excluding tert-OH is 2. The van der Waals surface area contributed by atoms with Gasteiger partial charge in [-0.25, -0.2) is 0 Å². The van der Waals surface area contributed by atoms with Gasteiger partial charge in [-0.2, -0.15) is 0 Å². The van der Waals surface area contributed by atoms with Gasteiger partial charge in [0.2, 0.25) is 0 Å². The number of carbonyl (C=O) groups excluding carboxylic acids is 1. The molecule has 0 aliphatic heterocycles. The summed E-state index contributed by atoms with van der Waals surface area (Å²) in [6.45, 7) is 0. The fourth-order valence-corrected chi connectivity index (χ4v) is 2.22. The summed E-state index contributed by atoms with van der Waals surface area (Å²) in [5, 5.41) is 38.3. The van der Waals surface area contributed by atoms with Gasteiger partial charge in [0.05, 0.1) is 12.2 Å². The molecule has 4 N–H and O–H groups in total. The predicted molar refractivity (Wildman–Crippen MR) is 90.5 cm³/mol. The quantitative estimate of drug-likeness (QED) is 0.626. The van der Waals surface area contributed by atoms with Gasteiger partial charge in [-0.05, 0) is 35.4 Å². The Morgan fingerprint density at radius 1 is 0.875 bits per heavy atom. The van der Waals surface area contributed by atoms with E-state index in [1.807, 2.05) is 0 Å². The van der Waals surface area contributed by atoms with Crippen LogP contribution in [-0.4, -0.2) is 32.3 Å². The molecule has 0 bridgehead atoms. The molecule has 0 spiro atoms. The van der Waals surface area contributed by atoms with E-state index in [1.165, 1.54) is 30.3 Å². The summed E-state index contributed by atoms with van der Waals surface area (Å²) in [5.74, 6) is -0.0170. The lowest BCUT2D eigenvalue weighted by molar-refractivity contribution is -0.122. The molecular formula is C19H20O5. The molecule has 5 nitrogen and oxygen atoms in total. The van der Waals surface area contributed by atoms with Crippen molar-refractivity contribution in [3.63, 3.8) is 0 Å². The molecule has 0 aliphatic rings. The van der Waals surface area contributed by atoms with Crippen molar-refractivity contribution in [2.75, 3.05) is 0 Å². The number of aromatic hydroxyl groups is 2. The van der Waals surface area contributed by atoms with E-state index in [1.54, 1.807) is 30.3 Å². The van der Waals surface area contributed by atoms with Gasteiger partial charge in [0.1, 0.15) is 17.3 Å². The highest BCUT2D eigenvalue weighted by atomic mass is 16.3. The summed E-state index contributed by atoms with van der Waals surface area (Å²) < 4.78 is 0. The van der Waals surface area contributed by atoms with E-state index >= 15 is 0 Å². The number of ketones is 1. The lowest BCUT2D eigenvalue weighted by atomic mass is 10.0. The molecular weight excluding hydrogens is 308 g/mol. The molecule has 0 fully saturated rings. The Morgan fingerprint density at radius 2 is 1.42 bits per heavy atom. The summed E-state index contributed by atoms with van der Waals surface area (Å²) >= 11 is 0. The van der Waals surface area contributed by atoms with Crippen molar-refractivity contribution in [2.45, 2.75) is 25.0 Å². The zero-order valence-electron chi connectivity index (χ0n) is 13.0. The van der Waals surface area contributed by atoms with Crippen LogP contribution in [0.25, 0.3) is 6.08 Å². The van der Waals surface area contributed by atoms with E-state index in [9.17, 15) is 25.2 Å². The molecule has 0 aromatic heterocycles. The molecule has 0 aliphatic carbocycles. The van der Waals surface area contributed by atoms with Crippen LogP contribution < -0.4 is 0 Å². The van der Waals surface area contributed by atoms with Crippen LogP contribution in [0.2, 0.25) is 0 Å². The Kier molecular flexibility index (Phi) is 6.12. The van der Waals surface area contributed by atoms with Gasteiger partial charge < -0.3 is 20.4 Å². The summed E-state index contributed by atoms with van der Waals surface area (Å²) in [7, 11) is 0. The first-order valence-corrected chi connectivity index (χ1v) is 7.58. The lowest BCUT2D eigenvalue weighted by Gasteiger charge is -2.11. The molecule has 0 saturated heterocycles. The summed E-state index contributed by atoms with van der Waals surface area (Å²) in [5.41, 5.74) is 1.33. The molecule has 0 amide bonds. The van der Waals surface area contributed by atoms with Crippen LogP contribution in [0.5, 0.6) is 11.5 Å². The van der Waals surface area contributed by atoms with E-state index < -0.39 is 12.2 Å². The second-order valence-corrected chi connectivity index (χ2v) is 5.57. The Bertz CT molecular complexity index is 689. The minimum atomic E-state index is -0.966. The monoisotopic (exact) mass is 328 g/mol. The maximum absolute atomic E-state index is 11.9. The van der Waals surface area contributed by atoms with Gasteiger partial charge >= 0.3 is 0 Å². The zero-order chi connectivity index (χ0) is 17.5. The second kappa shape index (κ2) is 8.29. The van der Waals surface area contributed by atoms with E-state index in [-0.39, 0.29) is 30.1 Å². The molecule has 24 heavy (non-hydrogen) atoms. The molecule has 2 aromatic carbocycles. The molecule has 5 heteroatoms. The Hall–Kier alpha value is -2.63. The van der Waals surface area contributed by atoms with Gasteiger partial charge in [-0.15, -0.1) is 0 Å². The largest absolute Gasteiger partial charge is 0.508 e. The zero-order valence-corrected chi connectivity index (χ0v) is 13.0. The molecule has 2 unspecified atom stereocenters. The van der Waals surface area contributed by atoms with E-state index in [2.05, 4.69) is 0 Å². The second-order valence-electron chi connectivity index (χ2n) is 5.57. The van der Waals surface area contributed by atoms with Crippen molar-refractivity contribution in [1.29, 1.82) is 0 Å². The first kappa shape index (κ1) is 17.7. The highest BCUT2D eigenvalue weighted by molar-refractivity contribution is 5.80. The highest BCUT2D eigenvalue weighted by Gasteiger charge is 2.15. The van der Waals surface area contributed by atoms with Crippen molar-refractivity contribution in [3.05, 3.63) is 65.7 Å². The molecule has 2 aromatic rings. The van der Waals surface area contributed by atoms with Crippen LogP contribution in [0.1, 0.15) is 30.1 Å². The number of carbonyl (C=O) groups is 1. The van der Waals surface area contributed by atoms with Gasteiger partial charge in [-0.3, -0.25) is 4.79 Å². The number of hydrogen-bond donors (Lipinski definition) is 4. The van der Waals surface area contributed by atoms with Crippen molar-refractivity contribution in [3.8, 4) is 11.5 Å². The normalized spacial score (nSPS) is 13.8. The number of Topliss-reactive ketones (excluding diaryl/α,β-unsaturated/α-hetero) is 1. The Morgan fingerprint density at radius 3 is 2.00 bits per heavy atom. The SMILES string of the molecule is O=C(CC(O)/C=C/c1ccc(O)cc1)CC(O)c1ccc(O)cc1. The van der Waals surface area contributed by atoms with Crippen molar-refractivity contribution in [2.24, 2.45) is 0 Å². The molecule has 2 atom stereocenters. The van der Waals surface area contributed by atoms with Crippen LogP contribution in [0.3, 0.4) is 0 Å². The van der Waals surface area contributed by atoms with E-state index in [0.717, 1.165) is 5.56 Å².